The predicted molar refractivity (Wildman–Crippen MR) is 224 cm³/mol. The summed E-state index contributed by atoms with van der Waals surface area (Å²) in [5.74, 6) is 0.0855. The third kappa shape index (κ3) is 8.12. The number of rotatable bonds is 13. The second-order valence-electron chi connectivity index (χ2n) is 13.4. The number of fused-ring (bicyclic) bond motifs is 1. The largest absolute Gasteiger partial charge is 0.507 e. The van der Waals surface area contributed by atoms with Crippen LogP contribution in [0.15, 0.2) is 149 Å². The van der Waals surface area contributed by atoms with Gasteiger partial charge in [-0.2, -0.15) is 0 Å². The summed E-state index contributed by atoms with van der Waals surface area (Å²) in [6.45, 7) is 2.71. The molecule has 8 rings (SSSR count). The van der Waals surface area contributed by atoms with Gasteiger partial charge in [-0.15, -0.1) is 10.2 Å². The number of amides is 1. The zero-order valence-electron chi connectivity index (χ0n) is 31.1. The van der Waals surface area contributed by atoms with Gasteiger partial charge in [0.05, 0.1) is 18.7 Å². The maximum absolute atomic E-state index is 14.0. The highest BCUT2D eigenvalue weighted by Gasteiger charge is 2.48. The topological polar surface area (TPSA) is 111 Å². The molecule has 6 aromatic carbocycles. The average Bonchev–Trinajstić information content (AvgIpc) is 3.82. The number of carbonyl (C=O) groups is 2. The highest BCUT2D eigenvalue weighted by atomic mass is 32.2. The monoisotopic (exact) mass is 791 g/mol. The Balaban J connectivity index is 1.12. The van der Waals surface area contributed by atoms with Gasteiger partial charge in [0, 0.05) is 11.3 Å². The van der Waals surface area contributed by atoms with Gasteiger partial charge in [-0.1, -0.05) is 132 Å². The third-order valence-electron chi connectivity index (χ3n) is 9.63. The molecular formula is C46H37N3O6S2. The van der Waals surface area contributed by atoms with Crippen molar-refractivity contribution < 1.29 is 28.9 Å². The van der Waals surface area contributed by atoms with Crippen molar-refractivity contribution in [3.8, 4) is 17.2 Å². The van der Waals surface area contributed by atoms with Gasteiger partial charge in [-0.25, -0.2) is 0 Å². The molecular weight excluding hydrogens is 755 g/mol. The Bertz CT molecular complexity index is 2600. The van der Waals surface area contributed by atoms with Crippen LogP contribution in [0, 0.1) is 6.92 Å². The van der Waals surface area contributed by atoms with Gasteiger partial charge in [-0.05, 0) is 76.3 Å². The number of aliphatic hydroxyl groups is 1. The first-order valence-electron chi connectivity index (χ1n) is 18.2. The van der Waals surface area contributed by atoms with Crippen molar-refractivity contribution in [1.29, 1.82) is 0 Å². The average molecular weight is 792 g/mol. The number of carbonyl (C=O) groups excluding carboxylic acids is 2. The van der Waals surface area contributed by atoms with Crippen LogP contribution in [0.25, 0.3) is 16.5 Å². The number of hydrogen-bond donors (Lipinski definition) is 1. The van der Waals surface area contributed by atoms with Gasteiger partial charge in [0.2, 0.25) is 5.13 Å². The lowest BCUT2D eigenvalue weighted by atomic mass is 9.95. The van der Waals surface area contributed by atoms with Crippen molar-refractivity contribution in [3.63, 3.8) is 0 Å². The number of thioether (sulfide) groups is 1. The van der Waals surface area contributed by atoms with Crippen molar-refractivity contribution in [3.05, 3.63) is 178 Å². The molecule has 2 heterocycles. The SMILES string of the molecule is COc1cc(C2/C(=C(\O)c3ccc(OCc4cccc(C)c4)cc3)C(=O)C(=O)N2c2nnc(SCc3cccc4ccccc34)s2)ccc1OCc1ccccc1. The number of benzene rings is 6. The van der Waals surface area contributed by atoms with Crippen LogP contribution >= 0.6 is 23.1 Å². The molecule has 7 aromatic rings. The quantitative estimate of drug-likeness (QED) is 0.0401. The molecule has 9 nitrogen and oxygen atoms in total. The van der Waals surface area contributed by atoms with Crippen molar-refractivity contribution in [2.24, 2.45) is 0 Å². The lowest BCUT2D eigenvalue weighted by molar-refractivity contribution is -0.132. The Hall–Kier alpha value is -6.43. The molecule has 1 aromatic heterocycles. The molecule has 0 bridgehead atoms. The number of aromatic nitrogens is 2. The third-order valence-corrected chi connectivity index (χ3v) is 11.7. The molecule has 1 amide bonds. The summed E-state index contributed by atoms with van der Waals surface area (Å²) in [7, 11) is 1.53. The zero-order valence-corrected chi connectivity index (χ0v) is 32.8. The molecule has 1 fully saturated rings. The van der Waals surface area contributed by atoms with E-state index in [2.05, 4.69) is 40.5 Å². The molecule has 1 N–H and O–H groups in total. The Labute approximate surface area is 338 Å². The molecule has 1 atom stereocenters. The van der Waals surface area contributed by atoms with Crippen LogP contribution < -0.4 is 19.1 Å². The molecule has 1 saturated heterocycles. The fourth-order valence-electron chi connectivity index (χ4n) is 6.80. The van der Waals surface area contributed by atoms with E-state index in [4.69, 9.17) is 14.2 Å². The van der Waals surface area contributed by atoms with Crippen LogP contribution in [-0.2, 0) is 28.6 Å². The lowest BCUT2D eigenvalue weighted by Gasteiger charge is -2.23. The van der Waals surface area contributed by atoms with Crippen LogP contribution in [0.3, 0.4) is 0 Å². The number of aliphatic hydroxyl groups excluding tert-OH is 1. The minimum Gasteiger partial charge on any atom is -0.507 e. The molecule has 57 heavy (non-hydrogen) atoms. The summed E-state index contributed by atoms with van der Waals surface area (Å²) in [5.41, 5.74) is 5.06. The molecule has 1 unspecified atom stereocenters. The number of nitrogens with zero attached hydrogens (tertiary/aromatic N) is 3. The molecule has 0 radical (unpaired) electrons. The second-order valence-corrected chi connectivity index (χ2v) is 15.6. The van der Waals surface area contributed by atoms with E-state index in [0.717, 1.165) is 33.0 Å². The standard InChI is InChI=1S/C46H37N3O6S2/c1-29-10-8-13-31(24-29)27-54-36-21-18-33(19-22-36)42(50)40-41(34-20-23-38(39(25-34)53-2)55-26-30-11-4-3-5-12-30)49(44(52)43(40)51)45-47-48-46(57-45)56-28-35-16-9-15-32-14-6-7-17-37(32)35/h3-25,41,50H,26-28H2,1-2H3/b42-40+. The van der Waals surface area contributed by atoms with E-state index in [1.165, 1.54) is 35.1 Å². The number of hydrogen-bond acceptors (Lipinski definition) is 10. The van der Waals surface area contributed by atoms with E-state index in [9.17, 15) is 14.7 Å². The predicted octanol–water partition coefficient (Wildman–Crippen LogP) is 10.1. The lowest BCUT2D eigenvalue weighted by Crippen LogP contribution is -2.29. The number of methoxy groups -OCH3 is 1. The van der Waals surface area contributed by atoms with Crippen molar-refractivity contribution >= 4 is 56.5 Å². The number of aryl methyl sites for hydroxylation is 1. The minimum absolute atomic E-state index is 0.0893. The van der Waals surface area contributed by atoms with Gasteiger partial charge in [0.1, 0.15) is 24.7 Å². The van der Waals surface area contributed by atoms with Gasteiger partial charge in [-0.3, -0.25) is 14.5 Å². The first-order valence-corrected chi connectivity index (χ1v) is 20.0. The van der Waals surface area contributed by atoms with Crippen LogP contribution in [0.4, 0.5) is 5.13 Å². The van der Waals surface area contributed by atoms with E-state index < -0.39 is 17.7 Å². The highest BCUT2D eigenvalue weighted by molar-refractivity contribution is 8.00. The summed E-state index contributed by atoms with van der Waals surface area (Å²) in [4.78, 5) is 29.4. The number of Topliss-reactive ketones (excluding diaryl/α,β-unsaturated/α-hetero) is 1. The normalized spacial score (nSPS) is 14.9. The summed E-state index contributed by atoms with van der Waals surface area (Å²) in [5, 5.41) is 23.2. The number of ketones is 1. The number of ether oxygens (including phenoxy) is 3. The Kier molecular flexibility index (Phi) is 11.0. The van der Waals surface area contributed by atoms with Crippen LogP contribution in [-0.4, -0.2) is 34.1 Å². The Morgan fingerprint density at radius 3 is 2.32 bits per heavy atom. The summed E-state index contributed by atoms with van der Waals surface area (Å²) < 4.78 is 18.5. The second kappa shape index (κ2) is 16.7. The smallest absolute Gasteiger partial charge is 0.301 e. The maximum atomic E-state index is 14.0. The van der Waals surface area contributed by atoms with E-state index in [-0.39, 0.29) is 16.5 Å². The van der Waals surface area contributed by atoms with Crippen molar-refractivity contribution in [1.82, 2.24) is 10.2 Å². The molecule has 0 spiro atoms. The molecule has 284 valence electrons. The van der Waals surface area contributed by atoms with Gasteiger partial charge in [0.25, 0.3) is 5.78 Å². The van der Waals surface area contributed by atoms with E-state index in [0.29, 0.717) is 51.7 Å². The fraction of sp³-hybridized carbons (Fsp3) is 0.130. The van der Waals surface area contributed by atoms with Gasteiger partial charge >= 0.3 is 5.91 Å². The summed E-state index contributed by atoms with van der Waals surface area (Å²) in [6.07, 6.45) is 0. The van der Waals surface area contributed by atoms with Crippen LogP contribution in [0.5, 0.6) is 17.2 Å². The molecule has 0 aliphatic carbocycles. The molecule has 0 saturated carbocycles. The maximum Gasteiger partial charge on any atom is 0.301 e. The van der Waals surface area contributed by atoms with E-state index in [1.54, 1.807) is 42.5 Å². The van der Waals surface area contributed by atoms with E-state index >= 15 is 0 Å². The number of anilines is 1. The van der Waals surface area contributed by atoms with Crippen LogP contribution in [0.2, 0.25) is 0 Å². The van der Waals surface area contributed by atoms with Gasteiger partial charge < -0.3 is 19.3 Å². The highest BCUT2D eigenvalue weighted by Crippen LogP contribution is 2.46. The van der Waals surface area contributed by atoms with Crippen LogP contribution in [0.1, 0.15) is 39.4 Å². The molecule has 11 heteroatoms. The Morgan fingerprint density at radius 2 is 1.51 bits per heavy atom. The molecule has 1 aliphatic heterocycles. The van der Waals surface area contributed by atoms with E-state index in [1.807, 2.05) is 73.7 Å². The van der Waals surface area contributed by atoms with Gasteiger partial charge in [0.15, 0.2) is 15.8 Å². The zero-order chi connectivity index (χ0) is 39.3. The summed E-state index contributed by atoms with van der Waals surface area (Å²) in [6, 6.07) is 43.1. The first kappa shape index (κ1) is 37.5. The minimum atomic E-state index is -1.05. The Morgan fingerprint density at radius 1 is 0.772 bits per heavy atom. The van der Waals surface area contributed by atoms with Crippen molar-refractivity contribution in [2.75, 3.05) is 12.0 Å². The summed E-state index contributed by atoms with van der Waals surface area (Å²) >= 11 is 2.71. The fourth-order valence-corrected chi connectivity index (χ4v) is 8.67. The first-order chi connectivity index (χ1) is 27.9. The van der Waals surface area contributed by atoms with Crippen molar-refractivity contribution in [2.45, 2.75) is 36.3 Å². The molecule has 1 aliphatic rings.